The van der Waals surface area contributed by atoms with Crippen molar-refractivity contribution in [1.82, 2.24) is 15.2 Å². The standard InChI is InChI=1S/C18H23N3O4S2/c1-8-13-12(9(2)22)16(23)21(13)14(17(24)25)15(8)27-18-20-11(7-26-18)10-3-5-19-6-4-10/h7-10,12-13,19,22H,3-6H2,1-2H3,(H,24,25)/t8-,9-,12-,13-/m1/s1. The van der Waals surface area contributed by atoms with Crippen molar-refractivity contribution in [1.29, 1.82) is 0 Å². The molecular formula is C18H23N3O4S2. The zero-order valence-corrected chi connectivity index (χ0v) is 16.8. The fourth-order valence-corrected chi connectivity index (χ4v) is 6.55. The Labute approximate surface area is 165 Å². The Morgan fingerprint density at radius 3 is 2.78 bits per heavy atom. The van der Waals surface area contributed by atoms with Gasteiger partial charge in [-0.2, -0.15) is 0 Å². The number of hydrogen-bond acceptors (Lipinski definition) is 7. The Balaban J connectivity index is 1.58. The Morgan fingerprint density at radius 1 is 1.44 bits per heavy atom. The Hall–Kier alpha value is -1.42. The minimum Gasteiger partial charge on any atom is -0.477 e. The molecule has 3 N–H and O–H groups in total. The Morgan fingerprint density at radius 2 is 2.15 bits per heavy atom. The zero-order chi connectivity index (χ0) is 19.3. The molecule has 0 bridgehead atoms. The topological polar surface area (TPSA) is 103 Å². The molecule has 0 saturated carbocycles. The summed E-state index contributed by atoms with van der Waals surface area (Å²) in [7, 11) is 0. The van der Waals surface area contributed by atoms with Crippen LogP contribution < -0.4 is 5.32 Å². The van der Waals surface area contributed by atoms with Crippen LogP contribution in [0.4, 0.5) is 0 Å². The second-order valence-electron chi connectivity index (χ2n) is 7.44. The highest BCUT2D eigenvalue weighted by Crippen LogP contribution is 2.52. The first-order valence-corrected chi connectivity index (χ1v) is 10.9. The molecule has 3 aliphatic rings. The van der Waals surface area contributed by atoms with Crippen LogP contribution in [0.5, 0.6) is 0 Å². The number of hydrogen-bond donors (Lipinski definition) is 3. The third-order valence-corrected chi connectivity index (χ3v) is 8.01. The number of piperidine rings is 1. The number of carboxylic acids is 1. The summed E-state index contributed by atoms with van der Waals surface area (Å²) in [4.78, 5) is 31.0. The lowest BCUT2D eigenvalue weighted by Crippen LogP contribution is -2.63. The summed E-state index contributed by atoms with van der Waals surface area (Å²) >= 11 is 2.89. The monoisotopic (exact) mass is 409 g/mol. The number of rotatable bonds is 5. The number of aliphatic hydroxyl groups excluding tert-OH is 1. The van der Waals surface area contributed by atoms with Crippen LogP contribution in [0.2, 0.25) is 0 Å². The number of aliphatic carboxylic acids is 1. The van der Waals surface area contributed by atoms with Crippen molar-refractivity contribution in [2.24, 2.45) is 11.8 Å². The van der Waals surface area contributed by atoms with Crippen LogP contribution in [0.1, 0.15) is 38.3 Å². The van der Waals surface area contributed by atoms with E-state index in [-0.39, 0.29) is 23.6 Å². The molecular weight excluding hydrogens is 386 g/mol. The molecule has 9 heteroatoms. The Bertz CT molecular complexity index is 800. The first-order chi connectivity index (χ1) is 12.9. The van der Waals surface area contributed by atoms with E-state index in [0.717, 1.165) is 36.0 Å². The van der Waals surface area contributed by atoms with Gasteiger partial charge in [-0.25, -0.2) is 9.78 Å². The van der Waals surface area contributed by atoms with Crippen molar-refractivity contribution in [3.63, 3.8) is 0 Å². The molecule has 4 atom stereocenters. The number of nitrogens with zero attached hydrogens (tertiary/aromatic N) is 2. The summed E-state index contributed by atoms with van der Waals surface area (Å²) in [6.07, 6.45) is 1.34. The molecule has 0 radical (unpaired) electrons. The Kier molecular flexibility index (Phi) is 5.04. The van der Waals surface area contributed by atoms with Gasteiger partial charge in [-0.3, -0.25) is 4.79 Å². The number of carbonyl (C=O) groups is 2. The zero-order valence-electron chi connectivity index (χ0n) is 15.2. The van der Waals surface area contributed by atoms with Gasteiger partial charge in [-0.05, 0) is 32.9 Å². The molecule has 0 aromatic carbocycles. The maximum Gasteiger partial charge on any atom is 0.353 e. The molecule has 146 valence electrons. The van der Waals surface area contributed by atoms with E-state index in [2.05, 4.69) is 10.7 Å². The maximum atomic E-state index is 12.4. The van der Waals surface area contributed by atoms with E-state index in [9.17, 15) is 19.8 Å². The van der Waals surface area contributed by atoms with Gasteiger partial charge in [0, 0.05) is 22.1 Å². The number of carboxylic acid groups (broad SMARTS) is 1. The van der Waals surface area contributed by atoms with Gasteiger partial charge in [-0.1, -0.05) is 18.7 Å². The number of thioether (sulfide) groups is 1. The second-order valence-corrected chi connectivity index (χ2v) is 9.58. The summed E-state index contributed by atoms with van der Waals surface area (Å²) in [6.45, 7) is 5.51. The molecule has 7 nitrogen and oxygen atoms in total. The predicted molar refractivity (Wildman–Crippen MR) is 102 cm³/mol. The number of aliphatic hydroxyl groups is 1. The molecule has 0 spiro atoms. The fraction of sp³-hybridized carbons (Fsp3) is 0.611. The van der Waals surface area contributed by atoms with Crippen LogP contribution in [0.25, 0.3) is 0 Å². The minimum atomic E-state index is -1.10. The lowest BCUT2D eigenvalue weighted by Gasteiger charge is -2.46. The van der Waals surface area contributed by atoms with E-state index < -0.39 is 18.0 Å². The van der Waals surface area contributed by atoms with Crippen molar-refractivity contribution in [2.45, 2.75) is 49.1 Å². The molecule has 0 aliphatic carbocycles. The minimum absolute atomic E-state index is 0.0537. The van der Waals surface area contributed by atoms with Gasteiger partial charge in [0.05, 0.1) is 23.8 Å². The highest BCUT2D eigenvalue weighted by Gasteiger charge is 2.60. The maximum absolute atomic E-state index is 12.4. The number of amides is 1. The normalized spacial score (nSPS) is 29.7. The summed E-state index contributed by atoms with van der Waals surface area (Å²) in [6, 6.07) is -0.282. The molecule has 2 fully saturated rings. The third kappa shape index (κ3) is 3.10. The van der Waals surface area contributed by atoms with Crippen molar-refractivity contribution in [3.05, 3.63) is 21.7 Å². The molecule has 0 unspecified atom stereocenters. The molecule has 2 saturated heterocycles. The van der Waals surface area contributed by atoms with Gasteiger partial charge in [0.2, 0.25) is 5.91 Å². The van der Waals surface area contributed by atoms with Crippen LogP contribution in [-0.4, -0.2) is 57.2 Å². The van der Waals surface area contributed by atoms with E-state index in [0.29, 0.717) is 10.8 Å². The summed E-state index contributed by atoms with van der Waals surface area (Å²) < 4.78 is 0.813. The van der Waals surface area contributed by atoms with Crippen LogP contribution in [0, 0.1) is 11.8 Å². The van der Waals surface area contributed by atoms with Gasteiger partial charge < -0.3 is 20.4 Å². The highest BCUT2D eigenvalue weighted by molar-refractivity contribution is 8.04. The summed E-state index contributed by atoms with van der Waals surface area (Å²) in [5.74, 6) is -1.62. The summed E-state index contributed by atoms with van der Waals surface area (Å²) in [5.41, 5.74) is 1.13. The first-order valence-electron chi connectivity index (χ1n) is 9.22. The van der Waals surface area contributed by atoms with Crippen molar-refractivity contribution < 1.29 is 19.8 Å². The van der Waals surface area contributed by atoms with Gasteiger partial charge in [-0.15, -0.1) is 11.3 Å². The van der Waals surface area contributed by atoms with E-state index in [4.69, 9.17) is 4.98 Å². The molecule has 27 heavy (non-hydrogen) atoms. The number of nitrogens with one attached hydrogen (secondary N) is 1. The van der Waals surface area contributed by atoms with Crippen molar-refractivity contribution in [3.8, 4) is 0 Å². The predicted octanol–water partition coefficient (Wildman–Crippen LogP) is 1.86. The lowest BCUT2D eigenvalue weighted by molar-refractivity contribution is -0.163. The van der Waals surface area contributed by atoms with E-state index in [1.54, 1.807) is 6.92 Å². The van der Waals surface area contributed by atoms with Gasteiger partial charge in [0.1, 0.15) is 5.70 Å². The molecule has 4 heterocycles. The summed E-state index contributed by atoms with van der Waals surface area (Å²) in [5, 5.41) is 25.0. The molecule has 1 aromatic heterocycles. The van der Waals surface area contributed by atoms with Crippen molar-refractivity contribution in [2.75, 3.05) is 13.1 Å². The number of β-lactam (4-membered cyclic amide) rings is 1. The lowest BCUT2D eigenvalue weighted by atomic mass is 9.79. The van der Waals surface area contributed by atoms with Crippen LogP contribution in [-0.2, 0) is 9.59 Å². The second kappa shape index (κ2) is 7.20. The van der Waals surface area contributed by atoms with Crippen LogP contribution >= 0.6 is 23.1 Å². The fourth-order valence-electron chi connectivity index (χ4n) is 4.37. The molecule has 4 rings (SSSR count). The molecule has 1 amide bonds. The first kappa shape index (κ1) is 18.9. The number of fused-ring (bicyclic) bond motifs is 1. The van der Waals surface area contributed by atoms with Gasteiger partial charge in [0.15, 0.2) is 4.34 Å². The quantitative estimate of drug-likeness (QED) is 0.638. The van der Waals surface area contributed by atoms with Crippen molar-refractivity contribution >= 4 is 35.0 Å². The van der Waals surface area contributed by atoms with Gasteiger partial charge >= 0.3 is 5.97 Å². The van der Waals surface area contributed by atoms with Gasteiger partial charge in [0.25, 0.3) is 0 Å². The molecule has 1 aromatic rings. The van der Waals surface area contributed by atoms with Crippen LogP contribution in [0.3, 0.4) is 0 Å². The van der Waals surface area contributed by atoms with E-state index in [1.165, 1.54) is 28.0 Å². The average Bonchev–Trinajstić information content (AvgIpc) is 3.18. The largest absolute Gasteiger partial charge is 0.477 e. The smallest absolute Gasteiger partial charge is 0.353 e. The highest BCUT2D eigenvalue weighted by atomic mass is 32.2. The average molecular weight is 410 g/mol. The third-order valence-electron chi connectivity index (χ3n) is 5.77. The number of thiazole rings is 1. The van der Waals surface area contributed by atoms with E-state index >= 15 is 0 Å². The van der Waals surface area contributed by atoms with Crippen LogP contribution in [0.15, 0.2) is 20.3 Å². The molecule has 3 aliphatic heterocycles. The van der Waals surface area contributed by atoms with E-state index in [1.807, 2.05) is 6.92 Å². The SMILES string of the molecule is C[C@@H](O)[C@H]1C(=O)N2C(C(=O)O)=C(Sc3nc(C4CCNCC4)cs3)[C@H](C)[C@H]12. The number of aromatic nitrogens is 1. The number of carbonyl (C=O) groups excluding carboxylic acids is 1.